The summed E-state index contributed by atoms with van der Waals surface area (Å²) in [6.45, 7) is 0.727. The second-order valence-electron chi connectivity index (χ2n) is 5.17. The number of aromatic nitrogens is 3. The number of ether oxygens (including phenoxy) is 2. The van der Waals surface area contributed by atoms with E-state index < -0.39 is 0 Å². The summed E-state index contributed by atoms with van der Waals surface area (Å²) in [6, 6.07) is 14.6. The van der Waals surface area contributed by atoms with Crippen molar-refractivity contribution >= 4 is 5.91 Å². The van der Waals surface area contributed by atoms with Crippen LogP contribution in [0.25, 0.3) is 5.69 Å². The molecule has 0 fully saturated rings. The largest absolute Gasteiger partial charge is 0.493 e. The second kappa shape index (κ2) is 7.96. The molecule has 0 aliphatic carbocycles. The maximum absolute atomic E-state index is 12.3. The van der Waals surface area contributed by atoms with Gasteiger partial charge in [-0.05, 0) is 30.3 Å². The fraction of sp³-hybridized carbons (Fsp3) is 0.167. The van der Waals surface area contributed by atoms with E-state index in [1.165, 1.54) is 0 Å². The SMILES string of the molecule is COc1ccccc1OCCNC(=O)c1cccc(-n2cnnc2)c1. The fourth-order valence-electron chi connectivity index (χ4n) is 2.31. The highest BCUT2D eigenvalue weighted by Gasteiger charge is 2.07. The first kappa shape index (κ1) is 16.5. The maximum atomic E-state index is 12.3. The number of methoxy groups -OCH3 is 1. The van der Waals surface area contributed by atoms with Crippen LogP contribution in [0.2, 0.25) is 0 Å². The van der Waals surface area contributed by atoms with Gasteiger partial charge in [0.05, 0.1) is 13.7 Å². The molecule has 3 rings (SSSR count). The van der Waals surface area contributed by atoms with Crippen LogP contribution in [-0.4, -0.2) is 40.9 Å². The first-order valence-electron chi connectivity index (χ1n) is 7.77. The summed E-state index contributed by atoms with van der Waals surface area (Å²) in [7, 11) is 1.59. The minimum absolute atomic E-state index is 0.168. The molecule has 0 atom stereocenters. The minimum Gasteiger partial charge on any atom is -0.493 e. The molecule has 1 N–H and O–H groups in total. The monoisotopic (exact) mass is 338 g/mol. The third-order valence-electron chi connectivity index (χ3n) is 3.54. The second-order valence-corrected chi connectivity index (χ2v) is 5.17. The van der Waals surface area contributed by atoms with Crippen molar-refractivity contribution in [2.75, 3.05) is 20.3 Å². The van der Waals surface area contributed by atoms with Crippen LogP contribution in [0, 0.1) is 0 Å². The van der Waals surface area contributed by atoms with Crippen LogP contribution in [0.4, 0.5) is 0 Å². The van der Waals surface area contributed by atoms with Gasteiger partial charge in [0.2, 0.25) is 0 Å². The van der Waals surface area contributed by atoms with E-state index in [1.54, 1.807) is 36.5 Å². The zero-order valence-electron chi connectivity index (χ0n) is 13.8. The summed E-state index contributed by atoms with van der Waals surface area (Å²) in [6.07, 6.45) is 3.16. The van der Waals surface area contributed by atoms with Gasteiger partial charge in [0.25, 0.3) is 5.91 Å². The molecule has 3 aromatic rings. The van der Waals surface area contributed by atoms with Gasteiger partial charge in [0, 0.05) is 11.3 Å². The lowest BCUT2D eigenvalue weighted by molar-refractivity contribution is 0.0947. The molecule has 0 aliphatic heterocycles. The highest BCUT2D eigenvalue weighted by atomic mass is 16.5. The Morgan fingerprint density at radius 1 is 1.08 bits per heavy atom. The van der Waals surface area contributed by atoms with Crippen LogP contribution in [0.1, 0.15) is 10.4 Å². The van der Waals surface area contributed by atoms with E-state index in [2.05, 4.69) is 15.5 Å². The molecule has 0 aliphatic rings. The quantitative estimate of drug-likeness (QED) is 0.667. The van der Waals surface area contributed by atoms with E-state index in [0.29, 0.717) is 30.2 Å². The Morgan fingerprint density at radius 2 is 1.84 bits per heavy atom. The molecular formula is C18H18N4O3. The van der Waals surface area contributed by atoms with Gasteiger partial charge < -0.3 is 14.8 Å². The molecule has 1 aromatic heterocycles. The number of benzene rings is 2. The number of nitrogens with one attached hydrogen (secondary N) is 1. The molecule has 0 bridgehead atoms. The van der Waals surface area contributed by atoms with Gasteiger partial charge in [-0.2, -0.15) is 0 Å². The molecule has 7 heteroatoms. The molecule has 25 heavy (non-hydrogen) atoms. The summed E-state index contributed by atoms with van der Waals surface area (Å²) < 4.78 is 12.6. The molecule has 1 amide bonds. The van der Waals surface area contributed by atoms with Crippen molar-refractivity contribution in [3.8, 4) is 17.2 Å². The van der Waals surface area contributed by atoms with Gasteiger partial charge in [-0.25, -0.2) is 0 Å². The molecule has 0 saturated heterocycles. The number of para-hydroxylation sites is 2. The Hall–Kier alpha value is -3.35. The normalized spacial score (nSPS) is 10.3. The van der Waals surface area contributed by atoms with Crippen molar-refractivity contribution in [1.82, 2.24) is 20.1 Å². The van der Waals surface area contributed by atoms with Gasteiger partial charge in [-0.3, -0.25) is 9.36 Å². The standard InChI is InChI=1S/C18H18N4O3/c1-24-16-7-2-3-8-17(16)25-10-9-19-18(23)14-5-4-6-15(11-14)22-12-20-21-13-22/h2-8,11-13H,9-10H2,1H3,(H,19,23). The lowest BCUT2D eigenvalue weighted by Gasteiger charge is -2.11. The summed E-state index contributed by atoms with van der Waals surface area (Å²) in [5.41, 5.74) is 1.38. The van der Waals surface area contributed by atoms with Gasteiger partial charge in [-0.1, -0.05) is 18.2 Å². The number of rotatable bonds is 7. The highest BCUT2D eigenvalue weighted by Crippen LogP contribution is 2.25. The molecule has 7 nitrogen and oxygen atoms in total. The smallest absolute Gasteiger partial charge is 0.251 e. The van der Waals surface area contributed by atoms with Crippen LogP contribution in [0.3, 0.4) is 0 Å². The highest BCUT2D eigenvalue weighted by molar-refractivity contribution is 5.94. The molecule has 0 saturated carbocycles. The Bertz CT molecular complexity index is 834. The van der Waals surface area contributed by atoms with Crippen LogP contribution in [0.15, 0.2) is 61.2 Å². The van der Waals surface area contributed by atoms with Crippen LogP contribution in [-0.2, 0) is 0 Å². The fourth-order valence-corrected chi connectivity index (χ4v) is 2.31. The molecule has 0 unspecified atom stereocenters. The van der Waals surface area contributed by atoms with Gasteiger partial charge in [0.1, 0.15) is 19.3 Å². The Labute approximate surface area is 145 Å². The number of carbonyl (C=O) groups excluding carboxylic acids is 1. The van der Waals surface area contributed by atoms with Crippen molar-refractivity contribution in [2.24, 2.45) is 0 Å². The van der Waals surface area contributed by atoms with Crippen LogP contribution < -0.4 is 14.8 Å². The average molecular weight is 338 g/mol. The van der Waals surface area contributed by atoms with Crippen molar-refractivity contribution in [3.63, 3.8) is 0 Å². The van der Waals surface area contributed by atoms with Gasteiger partial charge in [0.15, 0.2) is 11.5 Å². The topological polar surface area (TPSA) is 78.3 Å². The predicted molar refractivity (Wildman–Crippen MR) is 92.2 cm³/mol. The number of carbonyl (C=O) groups is 1. The van der Waals surface area contributed by atoms with E-state index in [9.17, 15) is 4.79 Å². The third-order valence-corrected chi connectivity index (χ3v) is 3.54. The van der Waals surface area contributed by atoms with E-state index in [0.717, 1.165) is 5.69 Å². The third kappa shape index (κ3) is 4.14. The number of hydrogen-bond acceptors (Lipinski definition) is 5. The molecule has 2 aromatic carbocycles. The Kier molecular flexibility index (Phi) is 5.26. The lowest BCUT2D eigenvalue weighted by atomic mass is 10.2. The average Bonchev–Trinajstić information content (AvgIpc) is 3.20. The van der Waals surface area contributed by atoms with E-state index in [-0.39, 0.29) is 5.91 Å². The lowest BCUT2D eigenvalue weighted by Crippen LogP contribution is -2.28. The summed E-state index contributed by atoms with van der Waals surface area (Å²) in [5, 5.41) is 10.4. The first-order chi connectivity index (χ1) is 12.3. The van der Waals surface area contributed by atoms with Crippen LogP contribution >= 0.6 is 0 Å². The molecule has 0 spiro atoms. The number of amides is 1. The maximum Gasteiger partial charge on any atom is 0.251 e. The summed E-state index contributed by atoms with van der Waals surface area (Å²) in [5.74, 6) is 1.14. The predicted octanol–water partition coefficient (Wildman–Crippen LogP) is 2.08. The molecule has 128 valence electrons. The van der Waals surface area contributed by atoms with Crippen LogP contribution in [0.5, 0.6) is 11.5 Å². The molecule has 1 heterocycles. The summed E-state index contributed by atoms with van der Waals surface area (Å²) in [4.78, 5) is 12.3. The van der Waals surface area contributed by atoms with Crippen molar-refractivity contribution in [2.45, 2.75) is 0 Å². The van der Waals surface area contributed by atoms with E-state index >= 15 is 0 Å². The Balaban J connectivity index is 1.54. The van der Waals surface area contributed by atoms with E-state index in [4.69, 9.17) is 9.47 Å². The van der Waals surface area contributed by atoms with Crippen molar-refractivity contribution in [3.05, 3.63) is 66.7 Å². The number of nitrogens with zero attached hydrogens (tertiary/aromatic N) is 3. The number of hydrogen-bond donors (Lipinski definition) is 1. The molecule has 0 radical (unpaired) electrons. The van der Waals surface area contributed by atoms with Gasteiger partial charge >= 0.3 is 0 Å². The van der Waals surface area contributed by atoms with E-state index in [1.807, 2.05) is 36.4 Å². The Morgan fingerprint density at radius 3 is 2.60 bits per heavy atom. The zero-order chi connectivity index (χ0) is 17.5. The van der Waals surface area contributed by atoms with Crippen molar-refractivity contribution < 1.29 is 14.3 Å². The summed E-state index contributed by atoms with van der Waals surface area (Å²) >= 11 is 0. The van der Waals surface area contributed by atoms with Gasteiger partial charge in [-0.15, -0.1) is 10.2 Å². The minimum atomic E-state index is -0.168. The zero-order valence-corrected chi connectivity index (χ0v) is 13.8. The van der Waals surface area contributed by atoms with Crippen molar-refractivity contribution in [1.29, 1.82) is 0 Å². The molecular weight excluding hydrogens is 320 g/mol. The first-order valence-corrected chi connectivity index (χ1v) is 7.77.